The van der Waals surface area contributed by atoms with Crippen molar-refractivity contribution in [1.82, 2.24) is 0 Å². The summed E-state index contributed by atoms with van der Waals surface area (Å²) in [4.78, 5) is 20.6. The molecule has 10 heavy (non-hydrogen) atoms. The first-order valence-corrected chi connectivity index (χ1v) is 2.39. The van der Waals surface area contributed by atoms with Crippen LogP contribution in [0.3, 0.4) is 0 Å². The molecule has 0 spiro atoms. The monoisotopic (exact) mass is 144 g/mol. The first-order valence-electron chi connectivity index (χ1n) is 2.39. The number of nitrogens with one attached hydrogen (secondary N) is 1. The lowest BCUT2D eigenvalue weighted by Crippen LogP contribution is -2.43. The molecule has 0 aromatic heterocycles. The molecule has 0 aromatic rings. The van der Waals surface area contributed by atoms with Gasteiger partial charge in [0.15, 0.2) is 5.92 Å². The van der Waals surface area contributed by atoms with Crippen molar-refractivity contribution in [1.29, 1.82) is 5.41 Å². The van der Waals surface area contributed by atoms with Gasteiger partial charge in [0.1, 0.15) is 5.84 Å². The zero-order valence-electron chi connectivity index (χ0n) is 5.13. The minimum atomic E-state index is -1.47. The average molecular weight is 144 g/mol. The Morgan fingerprint density at radius 1 is 1.10 bits per heavy atom. The molecular weight excluding hydrogens is 136 g/mol. The molecule has 0 saturated carbocycles. The number of carbonyl (C=O) groups excluding carboxylic acids is 2. The zero-order valence-corrected chi connectivity index (χ0v) is 5.13. The fourth-order valence-corrected chi connectivity index (χ4v) is 0.447. The van der Waals surface area contributed by atoms with Crippen molar-refractivity contribution in [3.05, 3.63) is 0 Å². The van der Waals surface area contributed by atoms with Gasteiger partial charge in [-0.25, -0.2) is 0 Å². The second-order valence-electron chi connectivity index (χ2n) is 1.69. The van der Waals surface area contributed by atoms with Crippen molar-refractivity contribution in [2.75, 3.05) is 0 Å². The van der Waals surface area contributed by atoms with Gasteiger partial charge in [0.2, 0.25) is 11.8 Å². The van der Waals surface area contributed by atoms with E-state index >= 15 is 0 Å². The van der Waals surface area contributed by atoms with Crippen LogP contribution in [0.15, 0.2) is 0 Å². The third-order valence-corrected chi connectivity index (χ3v) is 0.880. The Morgan fingerprint density at radius 3 is 1.40 bits per heavy atom. The number of rotatable bonds is 3. The molecule has 0 aliphatic rings. The number of hydrogen-bond acceptors (Lipinski definition) is 3. The van der Waals surface area contributed by atoms with E-state index in [1.165, 1.54) is 0 Å². The summed E-state index contributed by atoms with van der Waals surface area (Å²) in [5, 5.41) is 6.69. The van der Waals surface area contributed by atoms with Gasteiger partial charge in [0, 0.05) is 0 Å². The van der Waals surface area contributed by atoms with Crippen LogP contribution in [0.1, 0.15) is 0 Å². The molecule has 7 N–H and O–H groups in total. The first-order chi connectivity index (χ1) is 4.46. The second kappa shape index (κ2) is 2.81. The largest absolute Gasteiger partial charge is 0.387 e. The summed E-state index contributed by atoms with van der Waals surface area (Å²) >= 11 is 0. The molecule has 6 heteroatoms. The fraction of sp³-hybridized carbons (Fsp3) is 0.250. The molecule has 0 saturated heterocycles. The molecule has 0 heterocycles. The van der Waals surface area contributed by atoms with E-state index in [2.05, 4.69) is 11.5 Å². The van der Waals surface area contributed by atoms with Crippen molar-refractivity contribution in [2.45, 2.75) is 0 Å². The summed E-state index contributed by atoms with van der Waals surface area (Å²) in [5.74, 6) is -4.10. The lowest BCUT2D eigenvalue weighted by molar-refractivity contribution is -0.128. The summed E-state index contributed by atoms with van der Waals surface area (Å²) < 4.78 is 0. The van der Waals surface area contributed by atoms with Gasteiger partial charge >= 0.3 is 0 Å². The fourth-order valence-electron chi connectivity index (χ4n) is 0.447. The first kappa shape index (κ1) is 8.41. The van der Waals surface area contributed by atoms with Crippen LogP contribution in [-0.4, -0.2) is 17.6 Å². The molecular formula is C4H8N4O2. The summed E-state index contributed by atoms with van der Waals surface area (Å²) in [6, 6.07) is 0. The van der Waals surface area contributed by atoms with E-state index in [0.29, 0.717) is 0 Å². The molecule has 0 aliphatic heterocycles. The molecule has 0 atom stereocenters. The number of primary amides is 2. The number of amidine groups is 1. The summed E-state index contributed by atoms with van der Waals surface area (Å²) in [5.41, 5.74) is 14.2. The number of amides is 2. The molecule has 0 aromatic carbocycles. The van der Waals surface area contributed by atoms with E-state index in [4.69, 9.17) is 11.1 Å². The van der Waals surface area contributed by atoms with E-state index < -0.39 is 23.6 Å². The van der Waals surface area contributed by atoms with Gasteiger partial charge in [-0.15, -0.1) is 0 Å². The van der Waals surface area contributed by atoms with Crippen LogP contribution in [-0.2, 0) is 9.59 Å². The maximum absolute atomic E-state index is 10.3. The van der Waals surface area contributed by atoms with E-state index in [9.17, 15) is 9.59 Å². The number of nitrogens with two attached hydrogens (primary N) is 3. The molecule has 6 nitrogen and oxygen atoms in total. The summed E-state index contributed by atoms with van der Waals surface area (Å²) in [7, 11) is 0. The molecule has 0 fully saturated rings. The Bertz CT molecular complexity index is 154. The highest BCUT2D eigenvalue weighted by Gasteiger charge is 2.24. The third-order valence-electron chi connectivity index (χ3n) is 0.880. The molecule has 0 radical (unpaired) electrons. The Hall–Kier alpha value is -1.59. The van der Waals surface area contributed by atoms with Gasteiger partial charge in [-0.1, -0.05) is 0 Å². The quantitative estimate of drug-likeness (QED) is 0.198. The van der Waals surface area contributed by atoms with Crippen LogP contribution < -0.4 is 17.2 Å². The predicted octanol–water partition coefficient (Wildman–Crippen LogP) is -2.49. The molecule has 0 rings (SSSR count). The lowest BCUT2D eigenvalue weighted by Gasteiger charge is -2.04. The van der Waals surface area contributed by atoms with E-state index in [-0.39, 0.29) is 0 Å². The average Bonchev–Trinajstić information content (AvgIpc) is 1.59. The maximum atomic E-state index is 10.3. The number of carbonyl (C=O) groups is 2. The third kappa shape index (κ3) is 1.73. The Kier molecular flexibility index (Phi) is 2.36. The highest BCUT2D eigenvalue weighted by molar-refractivity contribution is 6.16. The van der Waals surface area contributed by atoms with Crippen LogP contribution in [0, 0.1) is 11.3 Å². The normalized spacial score (nSPS) is 9.30. The van der Waals surface area contributed by atoms with Gasteiger partial charge in [0.25, 0.3) is 0 Å². The topological polar surface area (TPSA) is 136 Å². The van der Waals surface area contributed by atoms with Crippen LogP contribution in [0.2, 0.25) is 0 Å². The lowest BCUT2D eigenvalue weighted by atomic mass is 10.1. The van der Waals surface area contributed by atoms with Gasteiger partial charge in [0.05, 0.1) is 0 Å². The highest BCUT2D eigenvalue weighted by Crippen LogP contribution is 1.90. The van der Waals surface area contributed by atoms with E-state index in [0.717, 1.165) is 0 Å². The minimum Gasteiger partial charge on any atom is -0.387 e. The van der Waals surface area contributed by atoms with Crippen molar-refractivity contribution in [3.8, 4) is 0 Å². The van der Waals surface area contributed by atoms with Crippen LogP contribution >= 0.6 is 0 Å². The van der Waals surface area contributed by atoms with Crippen LogP contribution in [0.25, 0.3) is 0 Å². The molecule has 0 unspecified atom stereocenters. The van der Waals surface area contributed by atoms with Gasteiger partial charge in [-0.05, 0) is 0 Å². The summed E-state index contributed by atoms with van der Waals surface area (Å²) in [6.45, 7) is 0. The Balaban J connectivity index is 4.43. The van der Waals surface area contributed by atoms with Crippen molar-refractivity contribution in [3.63, 3.8) is 0 Å². The van der Waals surface area contributed by atoms with Crippen LogP contribution in [0.5, 0.6) is 0 Å². The van der Waals surface area contributed by atoms with Crippen molar-refractivity contribution < 1.29 is 9.59 Å². The van der Waals surface area contributed by atoms with E-state index in [1.54, 1.807) is 0 Å². The maximum Gasteiger partial charge on any atom is 0.237 e. The van der Waals surface area contributed by atoms with E-state index in [1.807, 2.05) is 0 Å². The highest BCUT2D eigenvalue weighted by atomic mass is 16.2. The van der Waals surface area contributed by atoms with Crippen molar-refractivity contribution in [2.24, 2.45) is 23.1 Å². The van der Waals surface area contributed by atoms with Gasteiger partial charge in [-0.2, -0.15) is 0 Å². The number of hydrogen-bond donors (Lipinski definition) is 4. The zero-order chi connectivity index (χ0) is 8.31. The molecule has 56 valence electrons. The van der Waals surface area contributed by atoms with Crippen molar-refractivity contribution >= 4 is 17.6 Å². The molecule has 0 aliphatic carbocycles. The second-order valence-corrected chi connectivity index (χ2v) is 1.69. The SMILES string of the molecule is N=C(N)C(C(N)=O)C(N)=O. The van der Waals surface area contributed by atoms with Gasteiger partial charge in [-0.3, -0.25) is 15.0 Å². The van der Waals surface area contributed by atoms with Crippen LogP contribution in [0.4, 0.5) is 0 Å². The standard InChI is InChI=1S/C4H8N4O2/c5-2(6)1(3(7)9)4(8)10/h1H,(H3,5,6)(H2,7,9)(H2,8,10). The minimum absolute atomic E-state index is 0.625. The molecule has 0 bridgehead atoms. The Morgan fingerprint density at radius 2 is 1.40 bits per heavy atom. The Labute approximate surface area is 56.9 Å². The molecule has 2 amide bonds. The summed E-state index contributed by atoms with van der Waals surface area (Å²) in [6.07, 6.45) is 0. The van der Waals surface area contributed by atoms with Gasteiger partial charge < -0.3 is 17.2 Å². The predicted molar refractivity (Wildman–Crippen MR) is 33.8 cm³/mol. The smallest absolute Gasteiger partial charge is 0.237 e.